The molecule has 0 radical (unpaired) electrons. The van der Waals surface area contributed by atoms with E-state index in [0.29, 0.717) is 18.4 Å². The first-order valence-corrected chi connectivity index (χ1v) is 6.79. The second-order valence-corrected chi connectivity index (χ2v) is 5.09. The third-order valence-corrected chi connectivity index (χ3v) is 3.97. The minimum Gasteiger partial charge on any atom is -0.341 e. The summed E-state index contributed by atoms with van der Waals surface area (Å²) >= 11 is 0. The number of nitrogens with zero attached hydrogens (tertiary/aromatic N) is 1. The lowest BCUT2D eigenvalue weighted by Gasteiger charge is -2.33. The average molecular weight is 284 g/mol. The summed E-state index contributed by atoms with van der Waals surface area (Å²) in [4.78, 5) is 13.9. The van der Waals surface area contributed by atoms with E-state index in [-0.39, 0.29) is 19.0 Å². The van der Waals surface area contributed by atoms with Crippen LogP contribution in [-0.4, -0.2) is 24.4 Å². The van der Waals surface area contributed by atoms with E-state index in [4.69, 9.17) is 5.73 Å². The van der Waals surface area contributed by atoms with Crippen LogP contribution in [0.2, 0.25) is 0 Å². The van der Waals surface area contributed by atoms with Crippen LogP contribution in [0.15, 0.2) is 18.2 Å². The maximum absolute atomic E-state index is 13.6. The van der Waals surface area contributed by atoms with Gasteiger partial charge < -0.3 is 10.6 Å². The first-order valence-electron chi connectivity index (χ1n) is 6.79. The number of carbonyl (C=O) groups excluding carboxylic acids is 1. The third kappa shape index (κ3) is 3.33. The van der Waals surface area contributed by atoms with Crippen molar-refractivity contribution in [2.75, 3.05) is 13.6 Å². The van der Waals surface area contributed by atoms with Gasteiger partial charge in [-0.25, -0.2) is 8.78 Å². The molecule has 112 valence electrons. The Balaban J connectivity index is 2.89. The molecule has 0 spiro atoms. The van der Waals surface area contributed by atoms with E-state index in [1.54, 1.807) is 7.05 Å². The minimum atomic E-state index is -0.643. The van der Waals surface area contributed by atoms with E-state index in [0.717, 1.165) is 6.07 Å². The Bertz CT molecular complexity index is 465. The number of carbonyl (C=O) groups is 1. The molecule has 1 aromatic rings. The fraction of sp³-hybridized carbons (Fsp3) is 0.533. The van der Waals surface area contributed by atoms with Crippen molar-refractivity contribution in [2.45, 2.75) is 33.2 Å². The molecule has 0 aliphatic rings. The van der Waals surface area contributed by atoms with Gasteiger partial charge in [0.05, 0.1) is 5.41 Å². The second kappa shape index (κ2) is 6.79. The van der Waals surface area contributed by atoms with Crippen LogP contribution in [-0.2, 0) is 11.3 Å². The molecule has 20 heavy (non-hydrogen) atoms. The van der Waals surface area contributed by atoms with E-state index in [9.17, 15) is 13.6 Å². The largest absolute Gasteiger partial charge is 0.341 e. The van der Waals surface area contributed by atoms with Crippen molar-refractivity contribution >= 4 is 5.91 Å². The normalized spacial score (nSPS) is 11.5. The molecule has 1 aromatic carbocycles. The molecule has 0 aromatic heterocycles. The highest BCUT2D eigenvalue weighted by atomic mass is 19.1. The lowest BCUT2D eigenvalue weighted by Crippen LogP contribution is -2.45. The van der Waals surface area contributed by atoms with Crippen molar-refractivity contribution in [3.8, 4) is 0 Å². The molecule has 0 atom stereocenters. The molecule has 0 bridgehead atoms. The summed E-state index contributed by atoms with van der Waals surface area (Å²) in [6, 6.07) is 3.37. The van der Waals surface area contributed by atoms with Crippen LogP contribution in [0.25, 0.3) is 0 Å². The quantitative estimate of drug-likeness (QED) is 0.873. The topological polar surface area (TPSA) is 46.3 Å². The van der Waals surface area contributed by atoms with Crippen molar-refractivity contribution in [3.05, 3.63) is 35.4 Å². The van der Waals surface area contributed by atoms with Crippen LogP contribution >= 0.6 is 0 Å². The minimum absolute atomic E-state index is 0.103. The summed E-state index contributed by atoms with van der Waals surface area (Å²) in [6.45, 7) is 4.20. The van der Waals surface area contributed by atoms with Gasteiger partial charge in [0.15, 0.2) is 0 Å². The zero-order valence-corrected chi connectivity index (χ0v) is 12.2. The average Bonchev–Trinajstić information content (AvgIpc) is 2.44. The van der Waals surface area contributed by atoms with Crippen molar-refractivity contribution in [1.29, 1.82) is 0 Å². The van der Waals surface area contributed by atoms with Crippen LogP contribution < -0.4 is 5.73 Å². The first kappa shape index (κ1) is 16.6. The molecule has 1 rings (SSSR count). The highest BCUT2D eigenvalue weighted by molar-refractivity contribution is 5.82. The summed E-state index contributed by atoms with van der Waals surface area (Å²) < 4.78 is 26.5. The molecular formula is C15H22F2N2O. The molecule has 0 unspecified atom stereocenters. The van der Waals surface area contributed by atoms with Gasteiger partial charge in [-0.05, 0) is 18.9 Å². The van der Waals surface area contributed by atoms with Gasteiger partial charge in [0.25, 0.3) is 0 Å². The molecule has 0 saturated heterocycles. The number of hydrogen-bond donors (Lipinski definition) is 1. The number of hydrogen-bond acceptors (Lipinski definition) is 2. The van der Waals surface area contributed by atoms with Gasteiger partial charge in [0, 0.05) is 31.8 Å². The Morgan fingerprint density at radius 1 is 1.30 bits per heavy atom. The molecule has 5 heteroatoms. The van der Waals surface area contributed by atoms with Crippen molar-refractivity contribution in [2.24, 2.45) is 11.1 Å². The SMILES string of the molecule is CCC(CC)(CN)C(=O)N(C)Cc1ccc(F)cc1F. The number of halogens is 2. The Morgan fingerprint density at radius 3 is 2.35 bits per heavy atom. The number of nitrogens with two attached hydrogens (primary N) is 1. The smallest absolute Gasteiger partial charge is 0.230 e. The number of rotatable bonds is 6. The number of amides is 1. The highest BCUT2D eigenvalue weighted by Gasteiger charge is 2.35. The molecule has 0 heterocycles. The summed E-state index contributed by atoms with van der Waals surface area (Å²) in [5, 5.41) is 0. The fourth-order valence-corrected chi connectivity index (χ4v) is 2.31. The predicted molar refractivity (Wildman–Crippen MR) is 74.9 cm³/mol. The molecule has 2 N–H and O–H groups in total. The highest BCUT2D eigenvalue weighted by Crippen LogP contribution is 2.28. The van der Waals surface area contributed by atoms with Crippen LogP contribution in [0.4, 0.5) is 8.78 Å². The predicted octanol–water partition coefficient (Wildman–Crippen LogP) is 2.69. The zero-order chi connectivity index (χ0) is 15.3. The standard InChI is InChI=1S/C15H22F2N2O/c1-4-15(5-2,10-18)14(20)19(3)9-11-6-7-12(16)8-13(11)17/h6-8H,4-5,9-10,18H2,1-3H3. The van der Waals surface area contributed by atoms with Gasteiger partial charge in [-0.1, -0.05) is 19.9 Å². The Labute approximate surface area is 118 Å². The van der Waals surface area contributed by atoms with Crippen molar-refractivity contribution < 1.29 is 13.6 Å². The van der Waals surface area contributed by atoms with Gasteiger partial charge in [0.1, 0.15) is 11.6 Å². The van der Waals surface area contributed by atoms with Crippen molar-refractivity contribution in [3.63, 3.8) is 0 Å². The summed E-state index contributed by atoms with van der Waals surface area (Å²) in [6.07, 6.45) is 1.27. The second-order valence-electron chi connectivity index (χ2n) is 5.09. The van der Waals surface area contributed by atoms with Crippen LogP contribution in [0.5, 0.6) is 0 Å². The van der Waals surface area contributed by atoms with Gasteiger partial charge in [-0.2, -0.15) is 0 Å². The zero-order valence-electron chi connectivity index (χ0n) is 12.2. The van der Waals surface area contributed by atoms with Gasteiger partial charge in [-0.15, -0.1) is 0 Å². The van der Waals surface area contributed by atoms with E-state index >= 15 is 0 Å². The molecule has 0 fully saturated rings. The van der Waals surface area contributed by atoms with Crippen LogP contribution in [0.3, 0.4) is 0 Å². The maximum atomic E-state index is 13.6. The Morgan fingerprint density at radius 2 is 1.90 bits per heavy atom. The lowest BCUT2D eigenvalue weighted by molar-refractivity contribution is -0.141. The molecule has 1 amide bonds. The molecule has 0 aliphatic carbocycles. The number of benzene rings is 1. The van der Waals surface area contributed by atoms with Crippen LogP contribution in [0.1, 0.15) is 32.3 Å². The third-order valence-electron chi connectivity index (χ3n) is 3.97. The monoisotopic (exact) mass is 284 g/mol. The van der Waals surface area contributed by atoms with Crippen molar-refractivity contribution in [1.82, 2.24) is 4.90 Å². The fourth-order valence-electron chi connectivity index (χ4n) is 2.31. The van der Waals surface area contributed by atoms with E-state index in [1.807, 2.05) is 13.8 Å². The summed E-state index contributed by atoms with van der Waals surface area (Å²) in [5.74, 6) is -1.37. The van der Waals surface area contributed by atoms with Gasteiger partial charge in [-0.3, -0.25) is 4.79 Å². The summed E-state index contributed by atoms with van der Waals surface area (Å²) in [7, 11) is 1.61. The van der Waals surface area contributed by atoms with Gasteiger partial charge in [0.2, 0.25) is 5.91 Å². The first-order chi connectivity index (χ1) is 9.40. The van der Waals surface area contributed by atoms with E-state index in [1.165, 1.54) is 17.0 Å². The van der Waals surface area contributed by atoms with Crippen LogP contribution in [0, 0.1) is 17.0 Å². The van der Waals surface area contributed by atoms with E-state index < -0.39 is 17.0 Å². The van der Waals surface area contributed by atoms with Gasteiger partial charge >= 0.3 is 0 Å². The molecule has 3 nitrogen and oxygen atoms in total. The Hall–Kier alpha value is -1.49. The summed E-state index contributed by atoms with van der Waals surface area (Å²) in [5.41, 5.74) is 5.43. The molecular weight excluding hydrogens is 262 g/mol. The molecule has 0 aliphatic heterocycles. The molecule has 0 saturated carbocycles. The van der Waals surface area contributed by atoms with E-state index in [2.05, 4.69) is 0 Å². The Kier molecular flexibility index (Phi) is 5.62. The maximum Gasteiger partial charge on any atom is 0.230 e. The lowest BCUT2D eigenvalue weighted by atomic mass is 9.81.